The van der Waals surface area contributed by atoms with E-state index in [9.17, 15) is 0 Å². The first-order valence-electron chi connectivity index (χ1n) is 4.99. The number of nitrogens with zero attached hydrogens (tertiary/aromatic N) is 1. The van der Waals surface area contributed by atoms with Crippen LogP contribution in [0, 0.1) is 6.92 Å². The van der Waals surface area contributed by atoms with Gasteiger partial charge >= 0.3 is 0 Å². The van der Waals surface area contributed by atoms with Crippen molar-refractivity contribution in [3.63, 3.8) is 0 Å². The predicted molar refractivity (Wildman–Crippen MR) is 53.8 cm³/mol. The van der Waals surface area contributed by atoms with Crippen LogP contribution in [0.15, 0.2) is 18.3 Å². The van der Waals surface area contributed by atoms with Gasteiger partial charge in [0.15, 0.2) is 0 Å². The summed E-state index contributed by atoms with van der Waals surface area (Å²) in [5.74, 6) is 0.682. The summed E-state index contributed by atoms with van der Waals surface area (Å²) in [6, 6.07) is 4.31. The van der Waals surface area contributed by atoms with Crippen LogP contribution in [-0.4, -0.2) is 18.1 Å². The molecule has 0 aromatic carbocycles. The highest BCUT2D eigenvalue weighted by Gasteiger charge is 2.14. The summed E-state index contributed by atoms with van der Waals surface area (Å²) >= 11 is 0. The molecular formula is C11H16N2. The fraction of sp³-hybridized carbons (Fsp3) is 0.545. The number of aryl methyl sites for hydroxylation is 1. The van der Waals surface area contributed by atoms with E-state index in [0.29, 0.717) is 5.92 Å². The van der Waals surface area contributed by atoms with Crippen molar-refractivity contribution in [2.24, 2.45) is 0 Å². The average molecular weight is 176 g/mol. The molecule has 0 bridgehead atoms. The molecule has 1 unspecified atom stereocenters. The van der Waals surface area contributed by atoms with Gasteiger partial charge in [0.25, 0.3) is 0 Å². The van der Waals surface area contributed by atoms with Gasteiger partial charge in [0.1, 0.15) is 0 Å². The third-order valence-electron chi connectivity index (χ3n) is 2.70. The predicted octanol–water partition coefficient (Wildman–Crippen LogP) is 1.86. The van der Waals surface area contributed by atoms with Crippen LogP contribution >= 0.6 is 0 Å². The molecule has 1 N–H and O–H groups in total. The molecule has 0 amide bonds. The summed E-state index contributed by atoms with van der Waals surface area (Å²) in [6.45, 7) is 4.32. The summed E-state index contributed by atoms with van der Waals surface area (Å²) in [5, 5.41) is 3.42. The summed E-state index contributed by atoms with van der Waals surface area (Å²) in [6.07, 6.45) is 4.61. The number of hydrogen-bond acceptors (Lipinski definition) is 2. The van der Waals surface area contributed by atoms with Crippen LogP contribution < -0.4 is 5.32 Å². The largest absolute Gasteiger partial charge is 0.316 e. The Labute approximate surface area is 79.4 Å². The zero-order chi connectivity index (χ0) is 9.10. The Bertz CT molecular complexity index is 260. The Morgan fingerprint density at radius 3 is 3.00 bits per heavy atom. The van der Waals surface area contributed by atoms with Crippen LogP contribution in [0.2, 0.25) is 0 Å². The van der Waals surface area contributed by atoms with Gasteiger partial charge in [-0.1, -0.05) is 6.07 Å². The Kier molecular flexibility index (Phi) is 2.60. The molecule has 2 heterocycles. The molecular weight excluding hydrogens is 160 g/mol. The monoisotopic (exact) mass is 176 g/mol. The van der Waals surface area contributed by atoms with E-state index < -0.39 is 0 Å². The topological polar surface area (TPSA) is 24.9 Å². The highest BCUT2D eigenvalue weighted by atomic mass is 14.9. The summed E-state index contributed by atoms with van der Waals surface area (Å²) < 4.78 is 0. The molecule has 0 aliphatic carbocycles. The molecule has 1 aliphatic heterocycles. The first kappa shape index (κ1) is 8.70. The standard InChI is InChI=1S/C11H16N2/c1-9-4-5-11(8-13-9)10-3-2-6-12-7-10/h4-5,8,10,12H,2-3,6-7H2,1H3. The average Bonchev–Trinajstić information content (AvgIpc) is 2.20. The molecule has 2 heteroatoms. The van der Waals surface area contributed by atoms with Gasteiger partial charge in [-0.05, 0) is 43.9 Å². The molecule has 0 radical (unpaired) electrons. The SMILES string of the molecule is Cc1ccc(C2CCCNC2)cn1. The van der Waals surface area contributed by atoms with Crippen LogP contribution in [0.25, 0.3) is 0 Å². The van der Waals surface area contributed by atoms with Gasteiger partial charge < -0.3 is 5.32 Å². The van der Waals surface area contributed by atoms with Crippen LogP contribution in [0.3, 0.4) is 0 Å². The van der Waals surface area contributed by atoms with Crippen molar-refractivity contribution >= 4 is 0 Å². The van der Waals surface area contributed by atoms with Crippen LogP contribution in [0.1, 0.15) is 30.0 Å². The van der Waals surface area contributed by atoms with E-state index in [-0.39, 0.29) is 0 Å². The van der Waals surface area contributed by atoms with Gasteiger partial charge in [-0.15, -0.1) is 0 Å². The zero-order valence-electron chi connectivity index (χ0n) is 8.09. The minimum Gasteiger partial charge on any atom is -0.316 e. The Hall–Kier alpha value is -0.890. The second-order valence-electron chi connectivity index (χ2n) is 3.78. The smallest absolute Gasteiger partial charge is 0.0372 e. The molecule has 1 aromatic rings. The van der Waals surface area contributed by atoms with E-state index in [2.05, 4.69) is 22.4 Å². The molecule has 2 rings (SSSR count). The molecule has 0 spiro atoms. The van der Waals surface area contributed by atoms with Gasteiger partial charge in [-0.25, -0.2) is 0 Å². The lowest BCUT2D eigenvalue weighted by molar-refractivity contribution is 0.461. The fourth-order valence-corrected chi connectivity index (χ4v) is 1.86. The lowest BCUT2D eigenvalue weighted by atomic mass is 9.93. The first-order valence-corrected chi connectivity index (χ1v) is 4.99. The number of piperidine rings is 1. The molecule has 1 fully saturated rings. The number of pyridine rings is 1. The van der Waals surface area contributed by atoms with E-state index >= 15 is 0 Å². The van der Waals surface area contributed by atoms with Gasteiger partial charge in [0.05, 0.1) is 0 Å². The highest BCUT2D eigenvalue weighted by Crippen LogP contribution is 2.22. The fourth-order valence-electron chi connectivity index (χ4n) is 1.86. The number of rotatable bonds is 1. The van der Waals surface area contributed by atoms with Crippen molar-refractivity contribution < 1.29 is 0 Å². The molecule has 1 aromatic heterocycles. The molecule has 13 heavy (non-hydrogen) atoms. The minimum atomic E-state index is 0.682. The van der Waals surface area contributed by atoms with E-state index in [1.807, 2.05) is 13.1 Å². The van der Waals surface area contributed by atoms with Crippen LogP contribution in [0.5, 0.6) is 0 Å². The van der Waals surface area contributed by atoms with Gasteiger partial charge in [0.2, 0.25) is 0 Å². The van der Waals surface area contributed by atoms with Crippen LogP contribution in [-0.2, 0) is 0 Å². The van der Waals surface area contributed by atoms with Crippen molar-refractivity contribution in [1.29, 1.82) is 0 Å². The third kappa shape index (κ3) is 2.07. The summed E-state index contributed by atoms with van der Waals surface area (Å²) in [7, 11) is 0. The number of aromatic nitrogens is 1. The van der Waals surface area contributed by atoms with Crippen molar-refractivity contribution in [2.45, 2.75) is 25.7 Å². The van der Waals surface area contributed by atoms with Gasteiger partial charge in [0, 0.05) is 18.4 Å². The Morgan fingerprint density at radius 1 is 1.46 bits per heavy atom. The van der Waals surface area contributed by atoms with E-state index in [1.54, 1.807) is 0 Å². The summed E-state index contributed by atoms with van der Waals surface area (Å²) in [5.41, 5.74) is 2.49. The van der Waals surface area contributed by atoms with Crippen molar-refractivity contribution in [3.8, 4) is 0 Å². The highest BCUT2D eigenvalue weighted by molar-refractivity contribution is 5.18. The molecule has 1 atom stereocenters. The molecule has 1 saturated heterocycles. The second kappa shape index (κ2) is 3.88. The summed E-state index contributed by atoms with van der Waals surface area (Å²) in [4.78, 5) is 4.33. The van der Waals surface area contributed by atoms with Crippen molar-refractivity contribution in [3.05, 3.63) is 29.6 Å². The number of nitrogens with one attached hydrogen (secondary N) is 1. The maximum atomic E-state index is 4.33. The lowest BCUT2D eigenvalue weighted by Gasteiger charge is -2.22. The maximum Gasteiger partial charge on any atom is 0.0372 e. The Morgan fingerprint density at radius 2 is 2.38 bits per heavy atom. The minimum absolute atomic E-state index is 0.682. The molecule has 2 nitrogen and oxygen atoms in total. The van der Waals surface area contributed by atoms with Crippen molar-refractivity contribution in [1.82, 2.24) is 10.3 Å². The zero-order valence-corrected chi connectivity index (χ0v) is 8.09. The van der Waals surface area contributed by atoms with Crippen molar-refractivity contribution in [2.75, 3.05) is 13.1 Å². The second-order valence-corrected chi connectivity index (χ2v) is 3.78. The lowest BCUT2D eigenvalue weighted by Crippen LogP contribution is -2.28. The van der Waals surface area contributed by atoms with Gasteiger partial charge in [-0.3, -0.25) is 4.98 Å². The van der Waals surface area contributed by atoms with E-state index in [4.69, 9.17) is 0 Å². The Balaban J connectivity index is 2.10. The maximum absolute atomic E-state index is 4.33. The quantitative estimate of drug-likeness (QED) is 0.706. The van der Waals surface area contributed by atoms with Gasteiger partial charge in [-0.2, -0.15) is 0 Å². The van der Waals surface area contributed by atoms with E-state index in [1.165, 1.54) is 24.9 Å². The van der Waals surface area contributed by atoms with Crippen LogP contribution in [0.4, 0.5) is 0 Å². The molecule has 0 saturated carbocycles. The molecule has 70 valence electrons. The van der Waals surface area contributed by atoms with E-state index in [0.717, 1.165) is 12.2 Å². The normalized spacial score (nSPS) is 23.0. The molecule has 1 aliphatic rings. The number of hydrogen-bond donors (Lipinski definition) is 1. The first-order chi connectivity index (χ1) is 6.36. The third-order valence-corrected chi connectivity index (χ3v) is 2.70.